The molecule has 22 heavy (non-hydrogen) atoms. The van der Waals surface area contributed by atoms with Crippen molar-refractivity contribution < 1.29 is 0 Å². The summed E-state index contributed by atoms with van der Waals surface area (Å²) in [4.78, 5) is 13.5. The third kappa shape index (κ3) is 4.05. The highest BCUT2D eigenvalue weighted by atomic mass is 32.2. The molecule has 3 aromatic rings. The number of nitrogens with one attached hydrogen (secondary N) is 1. The molecule has 0 radical (unpaired) electrons. The minimum atomic E-state index is 0.774. The molecule has 0 aliphatic carbocycles. The maximum Gasteiger partial charge on any atom is 0.188 e. The lowest BCUT2D eigenvalue weighted by molar-refractivity contribution is 0.901. The summed E-state index contributed by atoms with van der Waals surface area (Å²) in [6.45, 7) is 3.98. The Hall–Kier alpha value is -1.92. The molecular formula is C16H16N4S2. The molecule has 2 heterocycles. The van der Waals surface area contributed by atoms with Gasteiger partial charge in [0.1, 0.15) is 0 Å². The molecule has 0 bridgehead atoms. The number of hydrogen-bond acceptors (Lipinski definition) is 6. The van der Waals surface area contributed by atoms with Crippen LogP contribution >= 0.6 is 23.1 Å². The van der Waals surface area contributed by atoms with Crippen molar-refractivity contribution in [3.05, 3.63) is 58.9 Å². The summed E-state index contributed by atoms with van der Waals surface area (Å²) in [7, 11) is 0. The largest absolute Gasteiger partial charge is 0.332 e. The molecule has 0 atom stereocenters. The highest BCUT2D eigenvalue weighted by molar-refractivity contribution is 7.98. The van der Waals surface area contributed by atoms with Crippen molar-refractivity contribution in [2.24, 2.45) is 0 Å². The SMILES string of the molecule is Cc1cc(C)nc(SCc2csc(Nc3ccccc3)n2)n1. The standard InChI is InChI=1S/C16H16N4S2/c1-11-8-12(2)18-15(17-11)21-9-14-10-22-16(20-14)19-13-6-4-3-5-7-13/h3-8,10H,9H2,1-2H3,(H,19,20). The van der Waals surface area contributed by atoms with E-state index in [0.717, 1.165) is 38.8 Å². The van der Waals surface area contributed by atoms with Crippen molar-refractivity contribution in [2.45, 2.75) is 24.8 Å². The molecule has 0 fully saturated rings. The normalized spacial score (nSPS) is 10.6. The molecule has 1 N–H and O–H groups in total. The van der Waals surface area contributed by atoms with Gasteiger partial charge < -0.3 is 5.32 Å². The van der Waals surface area contributed by atoms with Gasteiger partial charge in [-0.1, -0.05) is 30.0 Å². The Morgan fingerprint density at radius 3 is 2.50 bits per heavy atom. The molecule has 112 valence electrons. The summed E-state index contributed by atoms with van der Waals surface area (Å²) >= 11 is 3.23. The number of aromatic nitrogens is 3. The van der Waals surface area contributed by atoms with E-state index in [1.807, 2.05) is 50.2 Å². The summed E-state index contributed by atoms with van der Waals surface area (Å²) in [6, 6.07) is 12.0. The zero-order valence-electron chi connectivity index (χ0n) is 12.4. The summed E-state index contributed by atoms with van der Waals surface area (Å²) in [6.07, 6.45) is 0. The van der Waals surface area contributed by atoms with E-state index in [1.54, 1.807) is 23.1 Å². The highest BCUT2D eigenvalue weighted by Gasteiger charge is 2.06. The van der Waals surface area contributed by atoms with Crippen molar-refractivity contribution in [1.82, 2.24) is 15.0 Å². The summed E-state index contributed by atoms with van der Waals surface area (Å²) in [5.74, 6) is 0.774. The Labute approximate surface area is 138 Å². The first-order valence-corrected chi connectivity index (χ1v) is 8.77. The third-order valence-corrected chi connectivity index (χ3v) is 4.58. The average molecular weight is 328 g/mol. The highest BCUT2D eigenvalue weighted by Crippen LogP contribution is 2.25. The number of hydrogen-bond donors (Lipinski definition) is 1. The fourth-order valence-corrected chi connectivity index (χ4v) is 3.65. The molecule has 6 heteroatoms. The number of aryl methyl sites for hydroxylation is 2. The summed E-state index contributed by atoms with van der Waals surface area (Å²) < 4.78 is 0. The minimum absolute atomic E-state index is 0.774. The van der Waals surface area contributed by atoms with E-state index in [9.17, 15) is 0 Å². The van der Waals surface area contributed by atoms with Crippen molar-refractivity contribution in [1.29, 1.82) is 0 Å². The van der Waals surface area contributed by atoms with Crippen LogP contribution in [0.3, 0.4) is 0 Å². The van der Waals surface area contributed by atoms with Gasteiger partial charge in [-0.05, 0) is 32.0 Å². The molecular weight excluding hydrogens is 312 g/mol. The number of thioether (sulfide) groups is 1. The summed E-state index contributed by atoms with van der Waals surface area (Å²) in [5.41, 5.74) is 4.09. The molecule has 3 rings (SSSR count). The van der Waals surface area contributed by atoms with Crippen LogP contribution in [0, 0.1) is 13.8 Å². The van der Waals surface area contributed by atoms with Gasteiger partial charge in [0.15, 0.2) is 10.3 Å². The molecule has 0 aliphatic heterocycles. The van der Waals surface area contributed by atoms with Crippen LogP contribution in [0.15, 0.2) is 46.9 Å². The number of para-hydroxylation sites is 1. The molecule has 0 aliphatic rings. The second-order valence-electron chi connectivity index (χ2n) is 4.86. The van der Waals surface area contributed by atoms with Gasteiger partial charge in [0, 0.05) is 28.2 Å². The molecule has 0 saturated heterocycles. The van der Waals surface area contributed by atoms with Gasteiger partial charge in [-0.15, -0.1) is 11.3 Å². The number of anilines is 2. The molecule has 0 saturated carbocycles. The van der Waals surface area contributed by atoms with Crippen LogP contribution < -0.4 is 5.32 Å². The van der Waals surface area contributed by atoms with Crippen molar-refractivity contribution in [2.75, 3.05) is 5.32 Å². The van der Waals surface area contributed by atoms with E-state index in [-0.39, 0.29) is 0 Å². The first-order chi connectivity index (χ1) is 10.7. The Morgan fingerprint density at radius 1 is 1.05 bits per heavy atom. The number of thiazole rings is 1. The number of nitrogens with zero attached hydrogens (tertiary/aromatic N) is 3. The van der Waals surface area contributed by atoms with Crippen LogP contribution in [0.5, 0.6) is 0 Å². The quantitative estimate of drug-likeness (QED) is 0.548. The first-order valence-electron chi connectivity index (χ1n) is 6.90. The summed E-state index contributed by atoms with van der Waals surface area (Å²) in [5, 5.41) is 7.09. The van der Waals surface area contributed by atoms with Crippen LogP contribution in [0.25, 0.3) is 0 Å². The number of benzene rings is 1. The molecule has 0 unspecified atom stereocenters. The van der Waals surface area contributed by atoms with Gasteiger partial charge in [-0.2, -0.15) is 0 Å². The second-order valence-corrected chi connectivity index (χ2v) is 6.66. The molecule has 4 nitrogen and oxygen atoms in total. The van der Waals surface area contributed by atoms with Crippen LogP contribution in [-0.2, 0) is 5.75 Å². The van der Waals surface area contributed by atoms with E-state index in [0.29, 0.717) is 0 Å². The van der Waals surface area contributed by atoms with E-state index in [1.165, 1.54) is 0 Å². The Balaban J connectivity index is 1.62. The van der Waals surface area contributed by atoms with Gasteiger partial charge in [-0.3, -0.25) is 0 Å². The Morgan fingerprint density at radius 2 is 1.77 bits per heavy atom. The fourth-order valence-electron chi connectivity index (χ4n) is 1.97. The van der Waals surface area contributed by atoms with E-state index in [4.69, 9.17) is 0 Å². The minimum Gasteiger partial charge on any atom is -0.332 e. The lowest BCUT2D eigenvalue weighted by Crippen LogP contribution is -1.93. The monoisotopic (exact) mass is 328 g/mol. The van der Waals surface area contributed by atoms with E-state index < -0.39 is 0 Å². The topological polar surface area (TPSA) is 50.7 Å². The van der Waals surface area contributed by atoms with Gasteiger partial charge >= 0.3 is 0 Å². The maximum absolute atomic E-state index is 4.60. The zero-order chi connectivity index (χ0) is 15.4. The van der Waals surface area contributed by atoms with E-state index >= 15 is 0 Å². The first kappa shape index (κ1) is 15.0. The van der Waals surface area contributed by atoms with Crippen molar-refractivity contribution in [3.8, 4) is 0 Å². The lowest BCUT2D eigenvalue weighted by Gasteiger charge is -2.02. The molecule has 2 aromatic heterocycles. The van der Waals surface area contributed by atoms with Crippen LogP contribution in [0.2, 0.25) is 0 Å². The van der Waals surface area contributed by atoms with Gasteiger partial charge in [0.05, 0.1) is 5.69 Å². The average Bonchev–Trinajstić information content (AvgIpc) is 2.93. The van der Waals surface area contributed by atoms with Crippen molar-refractivity contribution >= 4 is 33.9 Å². The molecule has 0 spiro atoms. The number of rotatable bonds is 5. The predicted molar refractivity (Wildman–Crippen MR) is 92.9 cm³/mol. The smallest absolute Gasteiger partial charge is 0.188 e. The molecule has 0 amide bonds. The predicted octanol–water partition coefficient (Wildman–Crippen LogP) is 4.59. The Bertz CT molecular complexity index is 736. The van der Waals surface area contributed by atoms with Gasteiger partial charge in [-0.25, -0.2) is 15.0 Å². The Kier molecular flexibility index (Phi) is 4.70. The third-order valence-electron chi connectivity index (χ3n) is 2.89. The van der Waals surface area contributed by atoms with Gasteiger partial charge in [0.25, 0.3) is 0 Å². The van der Waals surface area contributed by atoms with Crippen LogP contribution in [0.1, 0.15) is 17.1 Å². The maximum atomic E-state index is 4.60. The molecule has 1 aromatic carbocycles. The van der Waals surface area contributed by atoms with Gasteiger partial charge in [0.2, 0.25) is 0 Å². The lowest BCUT2D eigenvalue weighted by atomic mass is 10.3. The second kappa shape index (κ2) is 6.89. The fraction of sp³-hybridized carbons (Fsp3) is 0.188. The van der Waals surface area contributed by atoms with Crippen molar-refractivity contribution in [3.63, 3.8) is 0 Å². The van der Waals surface area contributed by atoms with Crippen LogP contribution in [0.4, 0.5) is 10.8 Å². The zero-order valence-corrected chi connectivity index (χ0v) is 14.0. The van der Waals surface area contributed by atoms with E-state index in [2.05, 4.69) is 25.6 Å². The van der Waals surface area contributed by atoms with Crippen LogP contribution in [-0.4, -0.2) is 15.0 Å².